The van der Waals surface area contributed by atoms with Crippen LogP contribution in [0.15, 0.2) is 0 Å². The fourth-order valence-electron chi connectivity index (χ4n) is 7.84. The van der Waals surface area contributed by atoms with Crippen LogP contribution in [-0.4, -0.2) is 227 Å². The molecule has 20 heteroatoms. The van der Waals surface area contributed by atoms with Crippen LogP contribution in [0.2, 0.25) is 0 Å². The standard InChI is InChI=1S/C36H65NO19/c1-19(38)37(2)24-20(42-5)15-36(35(39)51-14,56-28(24)25(44-7)21(43-6)16-40-3)52-18-23-26(45-8)29(46-9)32(49-12)34(54-23)55-27-22(17-41-4)53-33(50-13)31(48-11)30(27)47-10/h20-34H,15-18H2,1-14H3/t20-,21+,22+,23+,24+,25+,26-,27+,28+,29-,30-,31+,32+,33-,34-,36+/m0/s1. The number of methoxy groups -OCH3 is 12. The molecule has 3 fully saturated rings. The molecule has 0 spiro atoms. The summed E-state index contributed by atoms with van der Waals surface area (Å²) in [6.45, 7) is 1.29. The third kappa shape index (κ3) is 10.5. The number of carbonyl (C=O) groups excluding carboxylic acids is 2. The van der Waals surface area contributed by atoms with Crippen LogP contribution < -0.4 is 0 Å². The Morgan fingerprint density at radius 3 is 1.73 bits per heavy atom. The predicted octanol–water partition coefficient (Wildman–Crippen LogP) is -0.598. The molecule has 3 heterocycles. The minimum atomic E-state index is -2.11. The number of ether oxygens (including phenoxy) is 17. The van der Waals surface area contributed by atoms with Crippen LogP contribution in [0.5, 0.6) is 0 Å². The lowest BCUT2D eigenvalue weighted by Crippen LogP contribution is -2.69. The Balaban J connectivity index is 2.06. The van der Waals surface area contributed by atoms with E-state index in [1.54, 1.807) is 7.05 Å². The Morgan fingerprint density at radius 2 is 1.25 bits per heavy atom. The van der Waals surface area contributed by atoms with E-state index in [-0.39, 0.29) is 32.1 Å². The lowest BCUT2D eigenvalue weighted by atomic mass is 9.87. The van der Waals surface area contributed by atoms with Crippen LogP contribution >= 0.6 is 0 Å². The Labute approximate surface area is 330 Å². The topological polar surface area (TPSA) is 194 Å². The first kappa shape index (κ1) is 48.7. The van der Waals surface area contributed by atoms with E-state index in [0.717, 1.165) is 0 Å². The Hall–Kier alpha value is -1.70. The predicted molar refractivity (Wildman–Crippen MR) is 192 cm³/mol. The van der Waals surface area contributed by atoms with Gasteiger partial charge in [-0.3, -0.25) is 4.79 Å². The molecule has 3 aliphatic heterocycles. The summed E-state index contributed by atoms with van der Waals surface area (Å²) in [5.41, 5.74) is 0. The van der Waals surface area contributed by atoms with Crippen molar-refractivity contribution in [3.8, 4) is 0 Å². The SMILES string of the molecule is COC[C@H]1O[C@H](OC)[C@H](OC)[C@@H](OC)[C@@H]1O[C@@H]1O[C@H](CO[C@]2(C(=O)OC)C[C@H](OC)[C@@H](N(C)C(C)=O)[C@H]([C@H](OC)[C@@H](COC)OC)O2)[C@H](OC)[C@H](OC)[C@H]1OC. The molecule has 3 rings (SSSR count). The van der Waals surface area contributed by atoms with Gasteiger partial charge >= 0.3 is 5.97 Å². The number of esters is 1. The van der Waals surface area contributed by atoms with Crippen LogP contribution in [0.4, 0.5) is 0 Å². The van der Waals surface area contributed by atoms with E-state index in [1.807, 2.05) is 0 Å². The molecule has 0 aliphatic carbocycles. The monoisotopic (exact) mass is 815 g/mol. The average molecular weight is 816 g/mol. The van der Waals surface area contributed by atoms with E-state index >= 15 is 0 Å². The highest BCUT2D eigenvalue weighted by Gasteiger charge is 2.60. The van der Waals surface area contributed by atoms with Crippen molar-refractivity contribution in [1.29, 1.82) is 0 Å². The molecule has 3 saturated heterocycles. The Kier molecular flexibility index (Phi) is 20.1. The number of rotatable bonds is 22. The summed E-state index contributed by atoms with van der Waals surface area (Å²) in [5.74, 6) is -3.27. The summed E-state index contributed by atoms with van der Waals surface area (Å²) in [6.07, 6.45) is -12.0. The third-order valence-corrected chi connectivity index (χ3v) is 10.7. The maximum Gasteiger partial charge on any atom is 0.366 e. The molecular weight excluding hydrogens is 750 g/mol. The first-order valence-corrected chi connectivity index (χ1v) is 18.2. The van der Waals surface area contributed by atoms with Crippen LogP contribution in [0.1, 0.15) is 13.3 Å². The zero-order valence-corrected chi connectivity index (χ0v) is 35.2. The van der Waals surface area contributed by atoms with Crippen molar-refractivity contribution in [2.24, 2.45) is 0 Å². The third-order valence-electron chi connectivity index (χ3n) is 10.7. The van der Waals surface area contributed by atoms with E-state index in [4.69, 9.17) is 80.5 Å². The van der Waals surface area contributed by atoms with Gasteiger partial charge in [-0.2, -0.15) is 0 Å². The largest absolute Gasteiger partial charge is 0.465 e. The minimum absolute atomic E-state index is 0.0967. The molecule has 0 N–H and O–H groups in total. The van der Waals surface area contributed by atoms with Crippen molar-refractivity contribution in [2.45, 2.75) is 111 Å². The molecule has 0 bridgehead atoms. The average Bonchev–Trinajstić information content (AvgIpc) is 3.21. The van der Waals surface area contributed by atoms with Gasteiger partial charge < -0.3 is 85.4 Å². The van der Waals surface area contributed by atoms with Gasteiger partial charge in [0.15, 0.2) is 12.6 Å². The smallest absolute Gasteiger partial charge is 0.366 e. The highest BCUT2D eigenvalue weighted by atomic mass is 16.8. The van der Waals surface area contributed by atoms with Crippen LogP contribution in [0.25, 0.3) is 0 Å². The molecule has 0 saturated carbocycles. The van der Waals surface area contributed by atoms with Crippen molar-refractivity contribution in [3.63, 3.8) is 0 Å². The molecule has 3 aliphatic rings. The number of likely N-dealkylation sites (N-methyl/N-ethyl adjacent to an activating group) is 1. The van der Waals surface area contributed by atoms with Crippen molar-refractivity contribution in [3.05, 3.63) is 0 Å². The first-order valence-electron chi connectivity index (χ1n) is 18.2. The summed E-state index contributed by atoms with van der Waals surface area (Å²) >= 11 is 0. The van der Waals surface area contributed by atoms with E-state index in [0.29, 0.717) is 0 Å². The number of hydrogen-bond donors (Lipinski definition) is 0. The lowest BCUT2D eigenvalue weighted by Gasteiger charge is -2.52. The summed E-state index contributed by atoms with van der Waals surface area (Å²) in [4.78, 5) is 28.2. The van der Waals surface area contributed by atoms with Crippen molar-refractivity contribution >= 4 is 11.9 Å². The summed E-state index contributed by atoms with van der Waals surface area (Å²) in [5, 5.41) is 0. The highest BCUT2D eigenvalue weighted by Crippen LogP contribution is 2.40. The summed E-state index contributed by atoms with van der Waals surface area (Å²) in [7, 11) is 19.3. The molecule has 20 nitrogen and oxygen atoms in total. The molecular formula is C36H65NO19. The maximum atomic E-state index is 13.9. The number of carbonyl (C=O) groups is 2. The van der Waals surface area contributed by atoms with Crippen molar-refractivity contribution < 1.29 is 90.1 Å². The second-order valence-corrected chi connectivity index (χ2v) is 13.5. The number of hydrogen-bond acceptors (Lipinski definition) is 19. The maximum absolute atomic E-state index is 13.9. The van der Waals surface area contributed by atoms with Gasteiger partial charge in [0.2, 0.25) is 5.91 Å². The molecule has 0 radical (unpaired) electrons. The number of amides is 1. The fraction of sp³-hybridized carbons (Fsp3) is 0.944. The van der Waals surface area contributed by atoms with Gasteiger partial charge in [0.05, 0.1) is 39.1 Å². The fourth-order valence-corrected chi connectivity index (χ4v) is 7.84. The van der Waals surface area contributed by atoms with Crippen LogP contribution in [-0.2, 0) is 90.1 Å². The zero-order valence-electron chi connectivity index (χ0n) is 35.2. The zero-order chi connectivity index (χ0) is 41.7. The molecule has 0 aromatic heterocycles. The van der Waals surface area contributed by atoms with Gasteiger partial charge in [-0.15, -0.1) is 0 Å². The normalized spacial score (nSPS) is 37.5. The molecule has 0 aromatic carbocycles. The van der Waals surface area contributed by atoms with Crippen molar-refractivity contribution in [2.75, 3.05) is 112 Å². The molecule has 328 valence electrons. The van der Waals surface area contributed by atoms with Gasteiger partial charge in [-0.1, -0.05) is 0 Å². The van der Waals surface area contributed by atoms with E-state index in [2.05, 4.69) is 0 Å². The quantitative estimate of drug-likeness (QED) is 0.126. The van der Waals surface area contributed by atoms with Crippen LogP contribution in [0, 0.1) is 0 Å². The lowest BCUT2D eigenvalue weighted by molar-refractivity contribution is -0.373. The summed E-state index contributed by atoms with van der Waals surface area (Å²) in [6, 6.07) is -0.769. The second kappa shape index (κ2) is 23.2. The molecule has 0 unspecified atom stereocenters. The highest BCUT2D eigenvalue weighted by molar-refractivity contribution is 5.78. The Morgan fingerprint density at radius 1 is 0.679 bits per heavy atom. The molecule has 16 atom stereocenters. The molecule has 1 amide bonds. The minimum Gasteiger partial charge on any atom is -0.465 e. The Bertz CT molecular complexity index is 1170. The van der Waals surface area contributed by atoms with Gasteiger partial charge in [0.25, 0.3) is 5.79 Å². The van der Waals surface area contributed by atoms with E-state index in [9.17, 15) is 9.59 Å². The van der Waals surface area contributed by atoms with Crippen molar-refractivity contribution in [1.82, 2.24) is 4.90 Å². The van der Waals surface area contributed by atoms with Crippen LogP contribution in [0.3, 0.4) is 0 Å². The molecule has 0 aromatic rings. The van der Waals surface area contributed by atoms with E-state index in [1.165, 1.54) is 97.1 Å². The van der Waals surface area contributed by atoms with E-state index < -0.39 is 104 Å². The number of nitrogens with zero attached hydrogens (tertiary/aromatic N) is 1. The molecule has 56 heavy (non-hydrogen) atoms. The van der Waals surface area contributed by atoms with Gasteiger partial charge in [-0.05, 0) is 0 Å². The first-order chi connectivity index (χ1) is 26.9. The second-order valence-electron chi connectivity index (χ2n) is 13.5. The van der Waals surface area contributed by atoms with Gasteiger partial charge in [-0.25, -0.2) is 4.79 Å². The van der Waals surface area contributed by atoms with Gasteiger partial charge in [0.1, 0.15) is 67.1 Å². The summed E-state index contributed by atoms with van der Waals surface area (Å²) < 4.78 is 101. The van der Waals surface area contributed by atoms with Gasteiger partial charge in [0, 0.05) is 98.6 Å².